The first kappa shape index (κ1) is 19.1. The summed E-state index contributed by atoms with van der Waals surface area (Å²) in [4.78, 5) is 15.5. The molecule has 2 aromatic rings. The molecule has 3 rings (SSSR count). The number of sulfonamides is 1. The molecule has 0 spiro atoms. The van der Waals surface area contributed by atoms with Crippen LogP contribution in [0.5, 0.6) is 0 Å². The second-order valence-corrected chi connectivity index (χ2v) is 9.07. The Morgan fingerprint density at radius 3 is 2.62 bits per heavy atom. The van der Waals surface area contributed by atoms with Gasteiger partial charge in [0.1, 0.15) is 0 Å². The van der Waals surface area contributed by atoms with Crippen molar-refractivity contribution in [3.63, 3.8) is 0 Å². The first-order valence-electron chi connectivity index (χ1n) is 7.86. The van der Waals surface area contributed by atoms with Gasteiger partial charge in [-0.3, -0.25) is 4.79 Å². The predicted molar refractivity (Wildman–Crippen MR) is 101 cm³/mol. The van der Waals surface area contributed by atoms with E-state index in [0.29, 0.717) is 42.9 Å². The van der Waals surface area contributed by atoms with E-state index in [2.05, 4.69) is 5.32 Å². The molecule has 0 unspecified atom stereocenters. The number of hydrogen-bond donors (Lipinski definition) is 2. The summed E-state index contributed by atoms with van der Waals surface area (Å²) in [5, 5.41) is 8.02. The molecule has 1 aromatic carbocycles. The second kappa shape index (κ2) is 7.93. The van der Waals surface area contributed by atoms with Gasteiger partial charge in [-0.15, -0.1) is 11.3 Å². The summed E-state index contributed by atoms with van der Waals surface area (Å²) in [5.41, 5.74) is 0.920. The third-order valence-electron chi connectivity index (χ3n) is 3.94. The Morgan fingerprint density at radius 2 is 2.00 bits per heavy atom. The lowest BCUT2D eigenvalue weighted by molar-refractivity contribution is 0.0949. The number of hydrogen-bond acceptors (Lipinski definition) is 6. The maximum Gasteiger partial charge on any atom is 0.253 e. The minimum atomic E-state index is -3.91. The number of benzene rings is 1. The van der Waals surface area contributed by atoms with E-state index in [-0.39, 0.29) is 16.4 Å². The molecule has 0 atom stereocenters. The van der Waals surface area contributed by atoms with Crippen molar-refractivity contribution in [2.45, 2.75) is 11.4 Å². The van der Waals surface area contributed by atoms with Gasteiger partial charge in [0.25, 0.3) is 5.91 Å². The van der Waals surface area contributed by atoms with Gasteiger partial charge < -0.3 is 15.0 Å². The van der Waals surface area contributed by atoms with E-state index in [1.807, 2.05) is 11.0 Å². The van der Waals surface area contributed by atoms with Crippen LogP contribution >= 0.6 is 22.9 Å². The van der Waals surface area contributed by atoms with Crippen molar-refractivity contribution in [1.29, 1.82) is 0 Å². The zero-order valence-electron chi connectivity index (χ0n) is 13.8. The van der Waals surface area contributed by atoms with E-state index in [1.54, 1.807) is 12.1 Å². The highest BCUT2D eigenvalue weighted by Gasteiger charge is 2.21. The van der Waals surface area contributed by atoms with Crippen molar-refractivity contribution in [2.75, 3.05) is 31.2 Å². The molecule has 26 heavy (non-hydrogen) atoms. The molecule has 2 heterocycles. The summed E-state index contributed by atoms with van der Waals surface area (Å²) in [7, 11) is -3.91. The highest BCUT2D eigenvalue weighted by molar-refractivity contribution is 7.89. The van der Waals surface area contributed by atoms with Crippen LogP contribution in [-0.2, 0) is 21.3 Å². The van der Waals surface area contributed by atoms with Gasteiger partial charge in [0.2, 0.25) is 10.0 Å². The summed E-state index contributed by atoms with van der Waals surface area (Å²) in [5.74, 6) is -0.374. The average molecular weight is 416 g/mol. The maximum atomic E-state index is 12.7. The van der Waals surface area contributed by atoms with E-state index in [9.17, 15) is 13.2 Å². The molecule has 1 fully saturated rings. The van der Waals surface area contributed by atoms with E-state index in [0.717, 1.165) is 4.88 Å². The number of nitrogens with two attached hydrogens (primary N) is 1. The highest BCUT2D eigenvalue weighted by atomic mass is 35.5. The molecular formula is C16H18ClN3O4S2. The Bertz CT molecular complexity index is 908. The SMILES string of the molecule is NS(=O)(=O)c1ccc(N2CCOCC2)c(C(=O)NCc2ccc(Cl)s2)c1. The minimum Gasteiger partial charge on any atom is -0.378 e. The van der Waals surface area contributed by atoms with Gasteiger partial charge in [-0.25, -0.2) is 13.6 Å². The lowest BCUT2D eigenvalue weighted by atomic mass is 10.1. The van der Waals surface area contributed by atoms with Crippen molar-refractivity contribution < 1.29 is 17.9 Å². The molecule has 1 amide bonds. The van der Waals surface area contributed by atoms with E-state index < -0.39 is 10.0 Å². The fourth-order valence-corrected chi connectivity index (χ4v) is 4.23. The Labute approximate surface area is 160 Å². The lowest BCUT2D eigenvalue weighted by Crippen LogP contribution is -2.38. The molecule has 0 aliphatic carbocycles. The van der Waals surface area contributed by atoms with Gasteiger partial charge in [0.15, 0.2) is 0 Å². The normalized spacial score (nSPS) is 15.1. The summed E-state index contributed by atoms with van der Waals surface area (Å²) in [6.45, 7) is 2.64. The minimum absolute atomic E-state index is 0.0983. The molecule has 1 aliphatic heterocycles. The molecule has 7 nitrogen and oxygen atoms in total. The van der Waals surface area contributed by atoms with Crippen LogP contribution in [0.15, 0.2) is 35.2 Å². The Hall–Kier alpha value is -1.65. The monoisotopic (exact) mass is 415 g/mol. The van der Waals surface area contributed by atoms with Gasteiger partial charge in [-0.2, -0.15) is 0 Å². The molecule has 3 N–H and O–H groups in total. The van der Waals surface area contributed by atoms with Crippen LogP contribution in [0.25, 0.3) is 0 Å². The number of amides is 1. The smallest absolute Gasteiger partial charge is 0.253 e. The molecule has 0 bridgehead atoms. The van der Waals surface area contributed by atoms with Gasteiger partial charge >= 0.3 is 0 Å². The maximum absolute atomic E-state index is 12.7. The predicted octanol–water partition coefficient (Wildman–Crippen LogP) is 1.82. The lowest BCUT2D eigenvalue weighted by Gasteiger charge is -2.30. The van der Waals surface area contributed by atoms with Crippen molar-refractivity contribution in [1.82, 2.24) is 5.32 Å². The fourth-order valence-electron chi connectivity index (χ4n) is 2.66. The number of primary sulfonamides is 1. The number of nitrogens with zero attached hydrogens (tertiary/aromatic N) is 1. The van der Waals surface area contributed by atoms with Gasteiger partial charge in [0.05, 0.1) is 34.6 Å². The number of anilines is 1. The van der Waals surface area contributed by atoms with E-state index in [4.69, 9.17) is 21.5 Å². The van der Waals surface area contributed by atoms with E-state index >= 15 is 0 Å². The van der Waals surface area contributed by atoms with Gasteiger partial charge in [-0.05, 0) is 30.3 Å². The number of rotatable bonds is 5. The van der Waals surface area contributed by atoms with Crippen LogP contribution in [0.2, 0.25) is 4.34 Å². The largest absolute Gasteiger partial charge is 0.378 e. The Kier molecular flexibility index (Phi) is 5.83. The molecule has 10 heteroatoms. The van der Waals surface area contributed by atoms with Crippen LogP contribution in [-0.4, -0.2) is 40.6 Å². The third kappa shape index (κ3) is 4.54. The standard InChI is InChI=1S/C16H18ClN3O4S2/c17-15-4-1-11(25-15)10-19-16(21)13-9-12(26(18,22)23)2-3-14(13)20-5-7-24-8-6-20/h1-4,9H,5-8,10H2,(H,19,21)(H2,18,22,23). The van der Waals surface area contributed by atoms with Gasteiger partial charge in [0, 0.05) is 23.7 Å². The summed E-state index contributed by atoms with van der Waals surface area (Å²) in [6.07, 6.45) is 0. The molecule has 1 aliphatic rings. The highest BCUT2D eigenvalue weighted by Crippen LogP contribution is 2.26. The number of thiophene rings is 1. The molecule has 0 saturated carbocycles. The Morgan fingerprint density at radius 1 is 1.27 bits per heavy atom. The molecule has 0 radical (unpaired) electrons. The van der Waals surface area contributed by atoms with Crippen LogP contribution < -0.4 is 15.4 Å². The first-order valence-corrected chi connectivity index (χ1v) is 10.6. The van der Waals surface area contributed by atoms with Gasteiger partial charge in [-0.1, -0.05) is 11.6 Å². The molecule has 1 aromatic heterocycles. The number of halogens is 1. The summed E-state index contributed by atoms with van der Waals surface area (Å²) < 4.78 is 29.3. The van der Waals surface area contributed by atoms with Crippen LogP contribution in [0.1, 0.15) is 15.2 Å². The molecular weight excluding hydrogens is 398 g/mol. The van der Waals surface area contributed by atoms with Crippen molar-refractivity contribution >= 4 is 44.6 Å². The topological polar surface area (TPSA) is 102 Å². The zero-order chi connectivity index (χ0) is 18.7. The Balaban J connectivity index is 1.88. The molecule has 140 valence electrons. The van der Waals surface area contributed by atoms with Crippen LogP contribution in [0.3, 0.4) is 0 Å². The van der Waals surface area contributed by atoms with E-state index in [1.165, 1.54) is 23.5 Å². The molecule has 1 saturated heterocycles. The van der Waals surface area contributed by atoms with Crippen molar-refractivity contribution in [3.8, 4) is 0 Å². The second-order valence-electron chi connectivity index (χ2n) is 5.71. The first-order chi connectivity index (χ1) is 12.3. The summed E-state index contributed by atoms with van der Waals surface area (Å²) in [6, 6.07) is 7.93. The number of ether oxygens (including phenoxy) is 1. The van der Waals surface area contributed by atoms with Crippen LogP contribution in [0, 0.1) is 0 Å². The average Bonchev–Trinajstić information content (AvgIpc) is 3.04. The zero-order valence-corrected chi connectivity index (χ0v) is 16.2. The van der Waals surface area contributed by atoms with Crippen molar-refractivity contribution in [3.05, 3.63) is 45.1 Å². The number of nitrogens with one attached hydrogen (secondary N) is 1. The fraction of sp³-hybridized carbons (Fsp3) is 0.312. The quantitative estimate of drug-likeness (QED) is 0.775. The summed E-state index contributed by atoms with van der Waals surface area (Å²) >= 11 is 7.27. The number of carbonyl (C=O) groups is 1. The third-order valence-corrected chi connectivity index (χ3v) is 6.09. The van der Waals surface area contributed by atoms with Crippen LogP contribution in [0.4, 0.5) is 5.69 Å². The number of morpholine rings is 1. The van der Waals surface area contributed by atoms with Crippen molar-refractivity contribution in [2.24, 2.45) is 5.14 Å². The number of carbonyl (C=O) groups excluding carboxylic acids is 1.